The Bertz CT molecular complexity index is 1180. The summed E-state index contributed by atoms with van der Waals surface area (Å²) in [6.45, 7) is 9.41. The van der Waals surface area contributed by atoms with E-state index in [-0.39, 0.29) is 12.0 Å². The number of benzene rings is 3. The number of piperazine rings is 1. The standard InChI is InChI=1S/C28H32N4O2/c1-20(2)34-27-9-4-3-8-26(27)31-14-12-30(13-15-31)18-21-6-5-7-22(16-21)28(33)32-19-23-17-24(29)10-11-25(23)32/h3-11,16-17,20H,12-15,18-19,29H2,1-2H3. The molecule has 1 amide bonds. The zero-order valence-corrected chi connectivity index (χ0v) is 19.9. The van der Waals surface area contributed by atoms with E-state index < -0.39 is 0 Å². The van der Waals surface area contributed by atoms with Crippen LogP contribution in [-0.2, 0) is 13.1 Å². The fourth-order valence-electron chi connectivity index (χ4n) is 4.78. The quantitative estimate of drug-likeness (QED) is 0.552. The summed E-state index contributed by atoms with van der Waals surface area (Å²) in [5.41, 5.74) is 11.8. The zero-order valence-electron chi connectivity index (χ0n) is 19.9. The van der Waals surface area contributed by atoms with Gasteiger partial charge in [0.25, 0.3) is 5.91 Å². The number of hydrogen-bond donors (Lipinski definition) is 1. The first-order valence-electron chi connectivity index (χ1n) is 12.0. The summed E-state index contributed by atoms with van der Waals surface area (Å²) in [6.07, 6.45) is 0.153. The van der Waals surface area contributed by atoms with Crippen LogP contribution in [0.5, 0.6) is 5.75 Å². The number of nitrogen functional groups attached to an aromatic ring is 1. The minimum absolute atomic E-state index is 0.0469. The van der Waals surface area contributed by atoms with Crippen molar-refractivity contribution in [2.24, 2.45) is 0 Å². The largest absolute Gasteiger partial charge is 0.489 e. The average molecular weight is 457 g/mol. The summed E-state index contributed by atoms with van der Waals surface area (Å²) < 4.78 is 6.02. The van der Waals surface area contributed by atoms with E-state index in [0.29, 0.717) is 6.54 Å². The molecule has 2 N–H and O–H groups in total. The van der Waals surface area contributed by atoms with Crippen LogP contribution in [0.25, 0.3) is 0 Å². The second-order valence-electron chi connectivity index (χ2n) is 9.38. The summed E-state index contributed by atoms with van der Waals surface area (Å²) in [7, 11) is 0. The van der Waals surface area contributed by atoms with Crippen molar-refractivity contribution in [1.29, 1.82) is 0 Å². The Balaban J connectivity index is 1.20. The van der Waals surface area contributed by atoms with Crippen LogP contribution in [0.4, 0.5) is 17.1 Å². The Hall–Kier alpha value is -3.51. The van der Waals surface area contributed by atoms with Crippen LogP contribution in [0.3, 0.4) is 0 Å². The Labute approximate surface area is 201 Å². The summed E-state index contributed by atoms with van der Waals surface area (Å²) in [4.78, 5) is 19.8. The van der Waals surface area contributed by atoms with Crippen molar-refractivity contribution in [3.05, 3.63) is 83.4 Å². The molecule has 2 aliphatic heterocycles. The molecule has 34 heavy (non-hydrogen) atoms. The van der Waals surface area contributed by atoms with Gasteiger partial charge in [0.1, 0.15) is 5.75 Å². The van der Waals surface area contributed by atoms with Gasteiger partial charge in [-0.3, -0.25) is 9.69 Å². The third-order valence-corrected chi connectivity index (χ3v) is 6.49. The van der Waals surface area contributed by atoms with Crippen molar-refractivity contribution in [3.8, 4) is 5.75 Å². The molecule has 3 aromatic rings. The van der Waals surface area contributed by atoms with Crippen LogP contribution in [-0.4, -0.2) is 43.1 Å². The number of nitrogens with zero attached hydrogens (tertiary/aromatic N) is 3. The van der Waals surface area contributed by atoms with Gasteiger partial charge in [-0.05, 0) is 67.4 Å². The van der Waals surface area contributed by atoms with Gasteiger partial charge in [0.15, 0.2) is 0 Å². The van der Waals surface area contributed by atoms with Gasteiger partial charge in [-0.2, -0.15) is 0 Å². The molecule has 176 valence electrons. The normalized spacial score (nSPS) is 15.7. The van der Waals surface area contributed by atoms with Crippen LogP contribution in [0.1, 0.15) is 35.3 Å². The highest BCUT2D eigenvalue weighted by molar-refractivity contribution is 6.08. The first-order valence-corrected chi connectivity index (χ1v) is 12.0. The number of carbonyl (C=O) groups is 1. The molecule has 0 saturated carbocycles. The second kappa shape index (κ2) is 9.39. The van der Waals surface area contributed by atoms with Crippen molar-refractivity contribution in [3.63, 3.8) is 0 Å². The molecular weight excluding hydrogens is 424 g/mol. The minimum atomic E-state index is 0.0469. The second-order valence-corrected chi connectivity index (χ2v) is 9.38. The Morgan fingerprint density at radius 1 is 0.941 bits per heavy atom. The SMILES string of the molecule is CC(C)Oc1ccccc1N1CCN(Cc2cccc(C(=O)N3Cc4cc(N)ccc43)c2)CC1. The van der Waals surface area contributed by atoms with Gasteiger partial charge >= 0.3 is 0 Å². The molecule has 0 aliphatic carbocycles. The number of nitrogens with two attached hydrogens (primary N) is 1. The number of hydrogen-bond acceptors (Lipinski definition) is 5. The molecule has 0 spiro atoms. The molecule has 1 fully saturated rings. The fourth-order valence-corrected chi connectivity index (χ4v) is 4.78. The van der Waals surface area contributed by atoms with E-state index in [4.69, 9.17) is 10.5 Å². The lowest BCUT2D eigenvalue weighted by molar-refractivity contribution is 0.0979. The predicted molar refractivity (Wildman–Crippen MR) is 138 cm³/mol. The van der Waals surface area contributed by atoms with Gasteiger partial charge in [-0.15, -0.1) is 0 Å². The topological polar surface area (TPSA) is 62.0 Å². The molecule has 2 heterocycles. The van der Waals surface area contributed by atoms with Gasteiger partial charge in [0.2, 0.25) is 0 Å². The van der Waals surface area contributed by atoms with Gasteiger partial charge in [-0.1, -0.05) is 24.3 Å². The maximum Gasteiger partial charge on any atom is 0.258 e. The van der Waals surface area contributed by atoms with Crippen LogP contribution < -0.4 is 20.3 Å². The van der Waals surface area contributed by atoms with E-state index in [9.17, 15) is 4.79 Å². The van der Waals surface area contributed by atoms with E-state index in [1.807, 2.05) is 47.4 Å². The predicted octanol–water partition coefficient (Wildman–Crippen LogP) is 4.54. The summed E-state index contributed by atoms with van der Waals surface area (Å²) in [5, 5.41) is 0. The Morgan fingerprint density at radius 3 is 2.50 bits per heavy atom. The number of para-hydroxylation sites is 2. The highest BCUT2D eigenvalue weighted by Crippen LogP contribution is 2.35. The molecule has 0 unspecified atom stereocenters. The highest BCUT2D eigenvalue weighted by Gasteiger charge is 2.29. The number of fused-ring (bicyclic) bond motifs is 1. The van der Waals surface area contributed by atoms with Crippen LogP contribution in [0.2, 0.25) is 0 Å². The smallest absolute Gasteiger partial charge is 0.258 e. The van der Waals surface area contributed by atoms with E-state index in [1.165, 1.54) is 11.3 Å². The monoisotopic (exact) mass is 456 g/mol. The van der Waals surface area contributed by atoms with Crippen molar-refractivity contribution >= 4 is 23.0 Å². The molecular formula is C28H32N4O2. The van der Waals surface area contributed by atoms with E-state index >= 15 is 0 Å². The average Bonchev–Trinajstić information content (AvgIpc) is 2.81. The van der Waals surface area contributed by atoms with Gasteiger partial charge < -0.3 is 20.3 Å². The zero-order chi connectivity index (χ0) is 23.7. The van der Waals surface area contributed by atoms with Crippen LogP contribution in [0, 0.1) is 0 Å². The summed E-state index contributed by atoms with van der Waals surface area (Å²) in [6, 6.07) is 22.1. The van der Waals surface area contributed by atoms with Crippen molar-refractivity contribution in [2.45, 2.75) is 33.0 Å². The maximum atomic E-state index is 13.1. The number of amides is 1. The van der Waals surface area contributed by atoms with Crippen molar-refractivity contribution in [1.82, 2.24) is 4.90 Å². The molecule has 6 heteroatoms. The lowest BCUT2D eigenvalue weighted by Crippen LogP contribution is -2.46. The Kier molecular flexibility index (Phi) is 6.16. The molecule has 0 atom stereocenters. The van der Waals surface area contributed by atoms with Crippen LogP contribution in [0.15, 0.2) is 66.7 Å². The molecule has 3 aromatic carbocycles. The molecule has 5 rings (SSSR count). The first kappa shape index (κ1) is 22.3. The van der Waals surface area contributed by atoms with Gasteiger partial charge in [-0.25, -0.2) is 0 Å². The van der Waals surface area contributed by atoms with E-state index in [0.717, 1.165) is 61.0 Å². The third-order valence-electron chi connectivity index (χ3n) is 6.49. The molecule has 0 bridgehead atoms. The van der Waals surface area contributed by atoms with E-state index in [2.05, 4.69) is 47.9 Å². The van der Waals surface area contributed by atoms with Gasteiger partial charge in [0, 0.05) is 49.7 Å². The molecule has 2 aliphatic rings. The summed E-state index contributed by atoms with van der Waals surface area (Å²) >= 11 is 0. The van der Waals surface area contributed by atoms with E-state index in [1.54, 1.807) is 0 Å². The molecule has 0 aromatic heterocycles. The van der Waals surface area contributed by atoms with Crippen molar-refractivity contribution < 1.29 is 9.53 Å². The third kappa shape index (κ3) is 4.59. The molecule has 6 nitrogen and oxygen atoms in total. The fraction of sp³-hybridized carbons (Fsp3) is 0.321. The van der Waals surface area contributed by atoms with Crippen LogP contribution >= 0.6 is 0 Å². The number of ether oxygens (including phenoxy) is 1. The summed E-state index contributed by atoms with van der Waals surface area (Å²) in [5.74, 6) is 0.998. The Morgan fingerprint density at radius 2 is 1.74 bits per heavy atom. The minimum Gasteiger partial charge on any atom is -0.489 e. The first-order chi connectivity index (χ1) is 16.5. The highest BCUT2D eigenvalue weighted by atomic mass is 16.5. The number of anilines is 3. The number of carbonyl (C=O) groups excluding carboxylic acids is 1. The molecule has 0 radical (unpaired) electrons. The lowest BCUT2D eigenvalue weighted by atomic mass is 10.0. The lowest BCUT2D eigenvalue weighted by Gasteiger charge is -2.37. The van der Waals surface area contributed by atoms with Gasteiger partial charge in [0.05, 0.1) is 18.3 Å². The molecule has 1 saturated heterocycles. The number of rotatable bonds is 6. The van der Waals surface area contributed by atoms with Crippen molar-refractivity contribution in [2.75, 3.05) is 41.7 Å². The maximum absolute atomic E-state index is 13.1.